The maximum absolute atomic E-state index is 12.6. The third-order valence-electron chi connectivity index (χ3n) is 6.17. The average molecular weight is 471 g/mol. The van der Waals surface area contributed by atoms with Crippen molar-refractivity contribution in [1.82, 2.24) is 5.32 Å². The van der Waals surface area contributed by atoms with Crippen molar-refractivity contribution in [3.63, 3.8) is 0 Å². The lowest BCUT2D eigenvalue weighted by Crippen LogP contribution is -2.43. The molecular weight excluding hydrogens is 450 g/mol. The molecule has 8 heteroatoms. The van der Waals surface area contributed by atoms with E-state index in [1.165, 1.54) is 24.3 Å². The van der Waals surface area contributed by atoms with Crippen LogP contribution in [-0.4, -0.2) is 34.9 Å². The van der Waals surface area contributed by atoms with Crippen molar-refractivity contribution in [3.05, 3.63) is 99.9 Å². The molecule has 0 aliphatic heterocycles. The Morgan fingerprint density at radius 1 is 0.971 bits per heavy atom. The van der Waals surface area contributed by atoms with Crippen LogP contribution in [0.15, 0.2) is 82.0 Å². The number of carbonyl (C=O) groups excluding carboxylic acids is 1. The highest BCUT2D eigenvalue weighted by molar-refractivity contribution is 5.84. The van der Waals surface area contributed by atoms with Crippen molar-refractivity contribution in [2.24, 2.45) is 0 Å². The number of aromatic hydroxyl groups is 1. The number of fused-ring (bicyclic) bond motifs is 4. The first-order valence-corrected chi connectivity index (χ1v) is 11.0. The van der Waals surface area contributed by atoms with Crippen molar-refractivity contribution in [2.45, 2.75) is 18.4 Å². The molecule has 35 heavy (non-hydrogen) atoms. The first-order valence-electron chi connectivity index (χ1n) is 11.0. The number of hydrogen-bond acceptors (Lipinski definition) is 6. The molecule has 176 valence electrons. The summed E-state index contributed by atoms with van der Waals surface area (Å²) < 4.78 is 10.5. The summed E-state index contributed by atoms with van der Waals surface area (Å²) in [6.07, 6.45) is -1.05. The molecule has 1 amide bonds. The summed E-state index contributed by atoms with van der Waals surface area (Å²) in [5, 5.41) is 22.2. The maximum atomic E-state index is 12.6. The second kappa shape index (κ2) is 8.98. The Bertz CT molecular complexity index is 1460. The lowest BCUT2D eigenvalue weighted by Gasteiger charge is -2.18. The summed E-state index contributed by atoms with van der Waals surface area (Å²) in [5.41, 5.74) is 4.05. The second-order valence-corrected chi connectivity index (χ2v) is 8.34. The molecule has 1 heterocycles. The van der Waals surface area contributed by atoms with Gasteiger partial charge in [0.15, 0.2) is 0 Å². The molecule has 1 atom stereocenters. The molecule has 1 aromatic heterocycles. The fourth-order valence-electron chi connectivity index (χ4n) is 4.59. The number of amides is 1. The molecule has 5 rings (SSSR count). The number of hydrogen-bond donors (Lipinski definition) is 3. The van der Waals surface area contributed by atoms with E-state index in [1.54, 1.807) is 0 Å². The van der Waals surface area contributed by atoms with Gasteiger partial charge >= 0.3 is 17.7 Å². The predicted molar refractivity (Wildman–Crippen MR) is 127 cm³/mol. The third kappa shape index (κ3) is 4.33. The van der Waals surface area contributed by atoms with Crippen molar-refractivity contribution in [1.29, 1.82) is 0 Å². The number of ether oxygens (including phenoxy) is 1. The molecule has 3 N–H and O–H groups in total. The van der Waals surface area contributed by atoms with Crippen molar-refractivity contribution in [3.8, 4) is 16.9 Å². The number of carboxylic acid groups (broad SMARTS) is 1. The zero-order chi connectivity index (χ0) is 24.5. The summed E-state index contributed by atoms with van der Waals surface area (Å²) in [6, 6.07) is 19.8. The number of aliphatic carboxylic acids is 1. The Labute approximate surface area is 199 Å². The Morgan fingerprint density at radius 2 is 1.63 bits per heavy atom. The number of benzene rings is 3. The number of phenolic OH excluding ortho intramolecular Hbond substituents is 1. The van der Waals surface area contributed by atoms with Gasteiger partial charge in [-0.15, -0.1) is 0 Å². The molecular formula is C27H21NO7. The Kier molecular flexibility index (Phi) is 5.70. The maximum Gasteiger partial charge on any atom is 0.407 e. The number of alkyl carbamates (subject to hydrolysis) is 1. The van der Waals surface area contributed by atoms with E-state index in [1.807, 2.05) is 48.5 Å². The van der Waals surface area contributed by atoms with Crippen molar-refractivity contribution in [2.75, 3.05) is 6.61 Å². The molecule has 0 spiro atoms. The molecule has 4 aromatic rings. The monoisotopic (exact) mass is 471 g/mol. The summed E-state index contributed by atoms with van der Waals surface area (Å²) in [7, 11) is 0. The van der Waals surface area contributed by atoms with E-state index in [9.17, 15) is 24.6 Å². The molecule has 0 bridgehead atoms. The van der Waals surface area contributed by atoms with Crippen LogP contribution in [0.2, 0.25) is 0 Å². The predicted octanol–water partition coefficient (Wildman–Crippen LogP) is 4.03. The van der Waals surface area contributed by atoms with E-state index in [2.05, 4.69) is 5.32 Å². The van der Waals surface area contributed by atoms with Gasteiger partial charge in [0, 0.05) is 29.9 Å². The van der Waals surface area contributed by atoms with E-state index in [0.717, 1.165) is 22.3 Å². The lowest BCUT2D eigenvalue weighted by molar-refractivity contribution is -0.139. The smallest absolute Gasteiger partial charge is 0.407 e. The summed E-state index contributed by atoms with van der Waals surface area (Å²) in [5.74, 6) is -1.53. The topological polar surface area (TPSA) is 126 Å². The molecule has 8 nitrogen and oxygen atoms in total. The third-order valence-corrected chi connectivity index (χ3v) is 6.17. The molecule has 0 saturated heterocycles. The van der Waals surface area contributed by atoms with Gasteiger partial charge in [-0.3, -0.25) is 0 Å². The Morgan fingerprint density at radius 3 is 2.29 bits per heavy atom. The van der Waals surface area contributed by atoms with Crippen LogP contribution >= 0.6 is 0 Å². The van der Waals surface area contributed by atoms with Crippen LogP contribution in [0.4, 0.5) is 4.79 Å². The fraction of sp³-hybridized carbons (Fsp3) is 0.148. The van der Waals surface area contributed by atoms with Gasteiger partial charge in [-0.1, -0.05) is 48.5 Å². The van der Waals surface area contributed by atoms with Gasteiger partial charge in [-0.2, -0.15) is 0 Å². The zero-order valence-corrected chi connectivity index (χ0v) is 18.4. The van der Waals surface area contributed by atoms with Crippen molar-refractivity contribution >= 4 is 23.0 Å². The molecule has 1 aliphatic rings. The van der Waals surface area contributed by atoms with Crippen LogP contribution in [0.1, 0.15) is 22.6 Å². The Hall–Kier alpha value is -4.59. The normalized spacial score (nSPS) is 13.1. The number of carbonyl (C=O) groups is 2. The van der Waals surface area contributed by atoms with Gasteiger partial charge in [0.1, 0.15) is 24.0 Å². The number of rotatable bonds is 6. The molecule has 0 fully saturated rings. The molecule has 1 unspecified atom stereocenters. The lowest BCUT2D eigenvalue weighted by atomic mass is 9.98. The van der Waals surface area contributed by atoms with Crippen LogP contribution in [0.25, 0.3) is 22.1 Å². The van der Waals surface area contributed by atoms with E-state index in [0.29, 0.717) is 10.9 Å². The minimum absolute atomic E-state index is 0.0450. The highest BCUT2D eigenvalue weighted by Gasteiger charge is 2.30. The van der Waals surface area contributed by atoms with Crippen LogP contribution in [-0.2, 0) is 16.0 Å². The summed E-state index contributed by atoms with van der Waals surface area (Å²) >= 11 is 0. The van der Waals surface area contributed by atoms with Gasteiger partial charge in [0.25, 0.3) is 0 Å². The Balaban J connectivity index is 1.32. The van der Waals surface area contributed by atoms with Crippen LogP contribution in [0.5, 0.6) is 5.75 Å². The first-order chi connectivity index (χ1) is 16.9. The van der Waals surface area contributed by atoms with Crippen LogP contribution in [0, 0.1) is 0 Å². The van der Waals surface area contributed by atoms with Crippen LogP contribution < -0.4 is 10.9 Å². The molecule has 0 saturated carbocycles. The summed E-state index contributed by atoms with van der Waals surface area (Å²) in [4.78, 5) is 36.4. The highest BCUT2D eigenvalue weighted by Crippen LogP contribution is 2.44. The SMILES string of the molecule is O=C(NC(Cc1cc(=O)oc2cc(O)ccc12)C(=O)O)OCC1c2ccccc2-c2ccccc21. The fourth-order valence-corrected chi connectivity index (χ4v) is 4.59. The molecule has 1 aliphatic carbocycles. The van der Waals surface area contributed by atoms with Crippen LogP contribution in [0.3, 0.4) is 0 Å². The van der Waals surface area contributed by atoms with Gasteiger partial charge in [0.05, 0.1) is 0 Å². The molecule has 0 radical (unpaired) electrons. The molecule has 3 aromatic carbocycles. The minimum Gasteiger partial charge on any atom is -0.508 e. The van der Waals surface area contributed by atoms with Gasteiger partial charge in [-0.05, 0) is 39.9 Å². The largest absolute Gasteiger partial charge is 0.508 e. The zero-order valence-electron chi connectivity index (χ0n) is 18.4. The van der Waals surface area contributed by atoms with E-state index < -0.39 is 23.7 Å². The number of phenols is 1. The van der Waals surface area contributed by atoms with Gasteiger partial charge < -0.3 is 24.7 Å². The standard InChI is InChI=1S/C27H21NO7/c29-16-9-10-17-15(12-25(30)35-24(17)13-16)11-23(26(31)32)28-27(33)34-14-22-20-7-3-1-5-18(20)19-6-2-4-8-21(19)22/h1-10,12-13,22-23,29H,11,14H2,(H,28,33)(H,31,32). The van der Waals surface area contributed by atoms with E-state index in [4.69, 9.17) is 9.15 Å². The minimum atomic E-state index is -1.34. The first kappa shape index (κ1) is 22.2. The summed E-state index contributed by atoms with van der Waals surface area (Å²) in [6.45, 7) is 0.0450. The van der Waals surface area contributed by atoms with Gasteiger partial charge in [-0.25, -0.2) is 14.4 Å². The number of nitrogens with one attached hydrogen (secondary N) is 1. The number of carboxylic acids is 1. The van der Waals surface area contributed by atoms with Gasteiger partial charge in [0.2, 0.25) is 0 Å². The average Bonchev–Trinajstić information content (AvgIpc) is 3.15. The van der Waals surface area contributed by atoms with E-state index >= 15 is 0 Å². The van der Waals surface area contributed by atoms with Crippen molar-refractivity contribution < 1.29 is 29.0 Å². The van der Waals surface area contributed by atoms with E-state index in [-0.39, 0.29) is 30.3 Å². The highest BCUT2D eigenvalue weighted by atomic mass is 16.5. The second-order valence-electron chi connectivity index (χ2n) is 8.34. The quantitative estimate of drug-likeness (QED) is 0.363.